The van der Waals surface area contributed by atoms with Gasteiger partial charge in [0.15, 0.2) is 0 Å². The third-order valence-corrected chi connectivity index (χ3v) is 3.38. The van der Waals surface area contributed by atoms with Gasteiger partial charge < -0.3 is 15.8 Å². The van der Waals surface area contributed by atoms with Crippen molar-refractivity contribution >= 4 is 0 Å². The highest BCUT2D eigenvalue weighted by atomic mass is 16.5. The Morgan fingerprint density at radius 1 is 1.31 bits per heavy atom. The van der Waals surface area contributed by atoms with Gasteiger partial charge in [-0.25, -0.2) is 0 Å². The van der Waals surface area contributed by atoms with E-state index in [1.807, 2.05) is 12.1 Å². The standard InChI is InChI=1S/C13H20N2O/c1-16-12-4-2-11(3-5-12)8-15-10-13(9-14)6-7-13/h2-5,15H,6-10,14H2,1H3. The SMILES string of the molecule is COc1ccc(CNCC2(CN)CC2)cc1. The Morgan fingerprint density at radius 2 is 2.00 bits per heavy atom. The maximum absolute atomic E-state index is 5.73. The Morgan fingerprint density at radius 3 is 2.50 bits per heavy atom. The molecule has 2 rings (SSSR count). The zero-order valence-corrected chi connectivity index (χ0v) is 9.83. The van der Waals surface area contributed by atoms with Crippen molar-refractivity contribution in [2.75, 3.05) is 20.2 Å². The molecule has 16 heavy (non-hydrogen) atoms. The van der Waals surface area contributed by atoms with Gasteiger partial charge in [-0.05, 0) is 42.5 Å². The van der Waals surface area contributed by atoms with E-state index < -0.39 is 0 Å². The fraction of sp³-hybridized carbons (Fsp3) is 0.538. The Balaban J connectivity index is 1.76. The molecule has 1 saturated carbocycles. The number of nitrogens with one attached hydrogen (secondary N) is 1. The van der Waals surface area contributed by atoms with Crippen molar-refractivity contribution in [3.8, 4) is 5.75 Å². The van der Waals surface area contributed by atoms with E-state index in [4.69, 9.17) is 10.5 Å². The fourth-order valence-electron chi connectivity index (χ4n) is 1.85. The van der Waals surface area contributed by atoms with Crippen molar-refractivity contribution in [3.05, 3.63) is 29.8 Å². The van der Waals surface area contributed by atoms with Crippen molar-refractivity contribution in [2.24, 2.45) is 11.1 Å². The van der Waals surface area contributed by atoms with Crippen LogP contribution in [0.1, 0.15) is 18.4 Å². The minimum absolute atomic E-state index is 0.409. The van der Waals surface area contributed by atoms with Crippen LogP contribution in [0.3, 0.4) is 0 Å². The molecule has 1 fully saturated rings. The van der Waals surface area contributed by atoms with Crippen LogP contribution >= 0.6 is 0 Å². The average molecular weight is 220 g/mol. The number of hydrogen-bond donors (Lipinski definition) is 2. The van der Waals surface area contributed by atoms with E-state index in [2.05, 4.69) is 17.4 Å². The molecule has 0 heterocycles. The molecule has 0 amide bonds. The fourth-order valence-corrected chi connectivity index (χ4v) is 1.85. The molecule has 1 aliphatic rings. The maximum Gasteiger partial charge on any atom is 0.118 e. The third kappa shape index (κ3) is 2.74. The molecule has 3 N–H and O–H groups in total. The Hall–Kier alpha value is -1.06. The van der Waals surface area contributed by atoms with E-state index in [0.29, 0.717) is 5.41 Å². The van der Waals surface area contributed by atoms with Crippen molar-refractivity contribution < 1.29 is 4.74 Å². The van der Waals surface area contributed by atoms with Crippen molar-refractivity contribution in [1.29, 1.82) is 0 Å². The van der Waals surface area contributed by atoms with Gasteiger partial charge in [0.2, 0.25) is 0 Å². The summed E-state index contributed by atoms with van der Waals surface area (Å²) in [6.07, 6.45) is 2.55. The van der Waals surface area contributed by atoms with Crippen molar-refractivity contribution in [1.82, 2.24) is 5.32 Å². The smallest absolute Gasteiger partial charge is 0.118 e. The van der Waals surface area contributed by atoms with Gasteiger partial charge >= 0.3 is 0 Å². The molecule has 0 bridgehead atoms. The molecule has 0 unspecified atom stereocenters. The third-order valence-electron chi connectivity index (χ3n) is 3.38. The zero-order chi connectivity index (χ0) is 11.4. The highest BCUT2D eigenvalue weighted by Gasteiger charge is 2.40. The number of rotatable bonds is 6. The minimum Gasteiger partial charge on any atom is -0.497 e. The number of ether oxygens (including phenoxy) is 1. The Kier molecular flexibility index (Phi) is 3.46. The summed E-state index contributed by atoms with van der Waals surface area (Å²) >= 11 is 0. The average Bonchev–Trinajstić information content (AvgIpc) is 3.11. The molecule has 0 spiro atoms. The lowest BCUT2D eigenvalue weighted by molar-refractivity contribution is 0.414. The molecular weight excluding hydrogens is 200 g/mol. The monoisotopic (exact) mass is 220 g/mol. The van der Waals surface area contributed by atoms with Crippen LogP contribution in [0.4, 0.5) is 0 Å². The predicted molar refractivity (Wildman–Crippen MR) is 65.4 cm³/mol. The van der Waals surface area contributed by atoms with Crippen LogP contribution in [0.5, 0.6) is 5.75 Å². The van der Waals surface area contributed by atoms with Gasteiger partial charge in [-0.3, -0.25) is 0 Å². The Bertz CT molecular complexity index is 330. The summed E-state index contributed by atoms with van der Waals surface area (Å²) in [5.74, 6) is 0.907. The molecule has 1 aromatic rings. The summed E-state index contributed by atoms with van der Waals surface area (Å²) < 4.78 is 5.12. The van der Waals surface area contributed by atoms with E-state index in [-0.39, 0.29) is 0 Å². The van der Waals surface area contributed by atoms with Gasteiger partial charge in [-0.1, -0.05) is 12.1 Å². The lowest BCUT2D eigenvalue weighted by Crippen LogP contribution is -2.29. The number of methoxy groups -OCH3 is 1. The largest absolute Gasteiger partial charge is 0.497 e. The lowest BCUT2D eigenvalue weighted by Gasteiger charge is -2.13. The molecule has 1 aromatic carbocycles. The number of nitrogens with two attached hydrogens (primary N) is 1. The van der Waals surface area contributed by atoms with Gasteiger partial charge in [0.25, 0.3) is 0 Å². The second kappa shape index (κ2) is 4.85. The van der Waals surface area contributed by atoms with Gasteiger partial charge in [0, 0.05) is 13.1 Å². The molecule has 88 valence electrons. The first kappa shape index (κ1) is 11.4. The van der Waals surface area contributed by atoms with Crippen LogP contribution in [0, 0.1) is 5.41 Å². The summed E-state index contributed by atoms with van der Waals surface area (Å²) in [6, 6.07) is 8.17. The summed E-state index contributed by atoms with van der Waals surface area (Å²) in [7, 11) is 1.69. The van der Waals surface area contributed by atoms with Gasteiger partial charge in [-0.2, -0.15) is 0 Å². The topological polar surface area (TPSA) is 47.3 Å². The second-order valence-electron chi connectivity index (χ2n) is 4.66. The number of benzene rings is 1. The molecule has 3 heteroatoms. The first-order valence-corrected chi connectivity index (χ1v) is 5.82. The second-order valence-corrected chi connectivity index (χ2v) is 4.66. The zero-order valence-electron chi connectivity index (χ0n) is 9.83. The highest BCUT2D eigenvalue weighted by molar-refractivity contribution is 5.27. The van der Waals surface area contributed by atoms with Crippen LogP contribution in [0.2, 0.25) is 0 Å². The molecule has 0 saturated heterocycles. The van der Waals surface area contributed by atoms with Crippen LogP contribution in [0.25, 0.3) is 0 Å². The molecule has 0 aliphatic heterocycles. The first-order valence-electron chi connectivity index (χ1n) is 5.82. The predicted octanol–water partition coefficient (Wildman–Crippen LogP) is 1.52. The van der Waals surface area contributed by atoms with Gasteiger partial charge in [-0.15, -0.1) is 0 Å². The summed E-state index contributed by atoms with van der Waals surface area (Å²) in [4.78, 5) is 0. The number of hydrogen-bond acceptors (Lipinski definition) is 3. The van der Waals surface area contributed by atoms with Crippen LogP contribution in [-0.4, -0.2) is 20.2 Å². The highest BCUT2D eigenvalue weighted by Crippen LogP contribution is 2.43. The van der Waals surface area contributed by atoms with E-state index in [0.717, 1.165) is 25.4 Å². The van der Waals surface area contributed by atoms with Gasteiger partial charge in [0.05, 0.1) is 7.11 Å². The first-order chi connectivity index (χ1) is 7.78. The summed E-state index contributed by atoms with van der Waals surface area (Å²) in [6.45, 7) is 2.75. The lowest BCUT2D eigenvalue weighted by atomic mass is 10.1. The molecule has 0 radical (unpaired) electrons. The van der Waals surface area contributed by atoms with Crippen molar-refractivity contribution in [3.63, 3.8) is 0 Å². The maximum atomic E-state index is 5.73. The van der Waals surface area contributed by atoms with E-state index in [9.17, 15) is 0 Å². The van der Waals surface area contributed by atoms with E-state index >= 15 is 0 Å². The van der Waals surface area contributed by atoms with E-state index in [1.54, 1.807) is 7.11 Å². The summed E-state index contributed by atoms with van der Waals surface area (Å²) in [5.41, 5.74) is 7.42. The van der Waals surface area contributed by atoms with Crippen molar-refractivity contribution in [2.45, 2.75) is 19.4 Å². The molecule has 0 aromatic heterocycles. The van der Waals surface area contributed by atoms with Gasteiger partial charge in [0.1, 0.15) is 5.75 Å². The normalized spacial score (nSPS) is 17.1. The van der Waals surface area contributed by atoms with Crippen LogP contribution in [0.15, 0.2) is 24.3 Å². The molecule has 3 nitrogen and oxygen atoms in total. The molecular formula is C13H20N2O. The molecule has 0 atom stereocenters. The Labute approximate surface area is 97.0 Å². The van der Waals surface area contributed by atoms with Crippen LogP contribution < -0.4 is 15.8 Å². The quantitative estimate of drug-likeness (QED) is 0.764. The molecule has 1 aliphatic carbocycles. The van der Waals surface area contributed by atoms with Crippen LogP contribution in [-0.2, 0) is 6.54 Å². The minimum atomic E-state index is 0.409. The van der Waals surface area contributed by atoms with E-state index in [1.165, 1.54) is 18.4 Å². The summed E-state index contributed by atoms with van der Waals surface area (Å²) in [5, 5.41) is 3.47.